The Bertz CT molecular complexity index is 289. The molecular weight excluding hydrogens is 238 g/mol. The molecule has 1 rings (SSSR count). The first-order valence-corrected chi connectivity index (χ1v) is 7.73. The Labute approximate surface area is 118 Å². The number of likely N-dealkylation sites (N-methyl/N-ethyl adjacent to an activating group) is 1. The summed E-state index contributed by atoms with van der Waals surface area (Å²) in [5.41, 5.74) is 5.25. The van der Waals surface area contributed by atoms with E-state index in [2.05, 4.69) is 37.9 Å². The number of carbonyl (C=O) groups is 1. The molecule has 0 radical (unpaired) electrons. The van der Waals surface area contributed by atoms with E-state index < -0.39 is 5.54 Å². The molecule has 112 valence electrons. The zero-order chi connectivity index (χ0) is 14.5. The molecule has 4 heteroatoms. The second-order valence-corrected chi connectivity index (χ2v) is 6.26. The van der Waals surface area contributed by atoms with Crippen molar-refractivity contribution >= 4 is 5.91 Å². The Hall–Kier alpha value is -0.610. The summed E-state index contributed by atoms with van der Waals surface area (Å²) < 4.78 is 0. The maximum Gasteiger partial charge on any atom is 0.239 e. The van der Waals surface area contributed by atoms with E-state index in [1.54, 1.807) is 0 Å². The van der Waals surface area contributed by atoms with Gasteiger partial charge in [-0.1, -0.05) is 27.7 Å². The molecule has 1 aliphatic rings. The number of rotatable bonds is 10. The second-order valence-electron chi connectivity index (χ2n) is 6.26. The van der Waals surface area contributed by atoms with Crippen molar-refractivity contribution in [3.8, 4) is 0 Å². The first kappa shape index (κ1) is 16.4. The number of hydrogen-bond acceptors (Lipinski definition) is 3. The van der Waals surface area contributed by atoms with Crippen LogP contribution in [-0.2, 0) is 4.79 Å². The largest absolute Gasteiger partial charge is 0.368 e. The first-order chi connectivity index (χ1) is 8.96. The summed E-state index contributed by atoms with van der Waals surface area (Å²) in [6.07, 6.45) is 3.27. The van der Waals surface area contributed by atoms with Gasteiger partial charge in [0.25, 0.3) is 0 Å². The van der Waals surface area contributed by atoms with E-state index in [9.17, 15) is 4.79 Å². The third-order valence-corrected chi connectivity index (χ3v) is 3.95. The highest BCUT2D eigenvalue weighted by Gasteiger charge is 2.50. The second kappa shape index (κ2) is 7.25. The maximum atomic E-state index is 12.1. The summed E-state index contributed by atoms with van der Waals surface area (Å²) in [5, 5.41) is 3.47. The van der Waals surface area contributed by atoms with E-state index in [4.69, 9.17) is 5.73 Å². The normalized spacial score (nSPS) is 18.8. The molecule has 0 bridgehead atoms. The smallest absolute Gasteiger partial charge is 0.239 e. The Balaban J connectivity index is 2.79. The van der Waals surface area contributed by atoms with Gasteiger partial charge in [-0.3, -0.25) is 4.79 Å². The summed E-state index contributed by atoms with van der Waals surface area (Å²) in [4.78, 5) is 14.4. The predicted octanol–water partition coefficient (Wildman–Crippen LogP) is 1.60. The van der Waals surface area contributed by atoms with Crippen molar-refractivity contribution in [1.29, 1.82) is 0 Å². The van der Waals surface area contributed by atoms with Gasteiger partial charge >= 0.3 is 0 Å². The van der Waals surface area contributed by atoms with Crippen molar-refractivity contribution in [1.82, 2.24) is 10.2 Å². The highest BCUT2D eigenvalue weighted by molar-refractivity contribution is 5.86. The fourth-order valence-corrected chi connectivity index (χ4v) is 2.79. The predicted molar refractivity (Wildman–Crippen MR) is 79.9 cm³/mol. The van der Waals surface area contributed by atoms with Crippen LogP contribution >= 0.6 is 0 Å². The molecule has 0 aliphatic heterocycles. The van der Waals surface area contributed by atoms with Crippen LogP contribution in [0.1, 0.15) is 47.0 Å². The highest BCUT2D eigenvalue weighted by Crippen LogP contribution is 2.40. The quantitative estimate of drug-likeness (QED) is 0.633. The van der Waals surface area contributed by atoms with Gasteiger partial charge in [-0.15, -0.1) is 0 Å². The first-order valence-electron chi connectivity index (χ1n) is 7.73. The molecule has 1 fully saturated rings. The molecule has 1 aliphatic carbocycles. The molecule has 1 atom stereocenters. The van der Waals surface area contributed by atoms with Crippen molar-refractivity contribution in [2.75, 3.05) is 26.2 Å². The summed E-state index contributed by atoms with van der Waals surface area (Å²) in [6.45, 7) is 12.3. The SMILES string of the molecule is CCCNC(CN(CC)CC(C)C)(C(N)=O)C1CC1. The van der Waals surface area contributed by atoms with Gasteiger partial charge < -0.3 is 16.0 Å². The van der Waals surface area contributed by atoms with Gasteiger partial charge in [0.05, 0.1) is 0 Å². The standard InChI is InChI=1S/C15H31N3O/c1-5-9-17-15(14(16)19,13-7-8-13)11-18(6-2)10-12(3)4/h12-13,17H,5-11H2,1-4H3,(H2,16,19). The van der Waals surface area contributed by atoms with E-state index in [0.29, 0.717) is 11.8 Å². The lowest BCUT2D eigenvalue weighted by atomic mass is 9.90. The van der Waals surface area contributed by atoms with Crippen molar-refractivity contribution < 1.29 is 4.79 Å². The topological polar surface area (TPSA) is 58.4 Å². The molecule has 3 N–H and O–H groups in total. The van der Waals surface area contributed by atoms with Gasteiger partial charge in [0.1, 0.15) is 5.54 Å². The van der Waals surface area contributed by atoms with Crippen LogP contribution in [0.3, 0.4) is 0 Å². The molecule has 0 aromatic carbocycles. The minimum absolute atomic E-state index is 0.175. The van der Waals surface area contributed by atoms with Crippen molar-refractivity contribution in [2.45, 2.75) is 52.5 Å². The lowest BCUT2D eigenvalue weighted by molar-refractivity contribution is -0.126. The zero-order valence-electron chi connectivity index (χ0n) is 13.0. The lowest BCUT2D eigenvalue weighted by Gasteiger charge is -2.37. The Morgan fingerprint density at radius 3 is 2.42 bits per heavy atom. The van der Waals surface area contributed by atoms with Crippen LogP contribution in [-0.4, -0.2) is 42.5 Å². The minimum Gasteiger partial charge on any atom is -0.368 e. The number of amides is 1. The van der Waals surface area contributed by atoms with E-state index in [0.717, 1.165) is 45.4 Å². The van der Waals surface area contributed by atoms with E-state index in [1.807, 2.05) is 0 Å². The average molecular weight is 269 g/mol. The number of primary amides is 1. The number of nitrogens with one attached hydrogen (secondary N) is 1. The third-order valence-electron chi connectivity index (χ3n) is 3.95. The molecular formula is C15H31N3O. The number of carbonyl (C=O) groups excluding carboxylic acids is 1. The van der Waals surface area contributed by atoms with Gasteiger partial charge in [0, 0.05) is 13.1 Å². The molecule has 0 heterocycles. The van der Waals surface area contributed by atoms with Crippen molar-refractivity contribution in [2.24, 2.45) is 17.6 Å². The summed E-state index contributed by atoms with van der Waals surface area (Å²) in [6, 6.07) is 0. The van der Waals surface area contributed by atoms with Gasteiger partial charge in [-0.25, -0.2) is 0 Å². The zero-order valence-corrected chi connectivity index (χ0v) is 13.0. The molecule has 4 nitrogen and oxygen atoms in total. The maximum absolute atomic E-state index is 12.1. The molecule has 1 amide bonds. The summed E-state index contributed by atoms with van der Waals surface area (Å²) in [7, 11) is 0. The van der Waals surface area contributed by atoms with Gasteiger partial charge in [0.2, 0.25) is 5.91 Å². The fourth-order valence-electron chi connectivity index (χ4n) is 2.79. The monoisotopic (exact) mass is 269 g/mol. The minimum atomic E-state index is -0.513. The van der Waals surface area contributed by atoms with Crippen LogP contribution in [0.25, 0.3) is 0 Å². The highest BCUT2D eigenvalue weighted by atomic mass is 16.1. The van der Waals surface area contributed by atoms with Crippen LogP contribution in [0.2, 0.25) is 0 Å². The van der Waals surface area contributed by atoms with Crippen LogP contribution < -0.4 is 11.1 Å². The van der Waals surface area contributed by atoms with E-state index in [-0.39, 0.29) is 5.91 Å². The molecule has 0 spiro atoms. The van der Waals surface area contributed by atoms with Gasteiger partial charge in [0.15, 0.2) is 0 Å². The molecule has 0 aromatic rings. The van der Waals surface area contributed by atoms with Crippen molar-refractivity contribution in [3.05, 3.63) is 0 Å². The molecule has 1 unspecified atom stereocenters. The van der Waals surface area contributed by atoms with Crippen LogP contribution in [0, 0.1) is 11.8 Å². The van der Waals surface area contributed by atoms with Crippen molar-refractivity contribution in [3.63, 3.8) is 0 Å². The van der Waals surface area contributed by atoms with Gasteiger partial charge in [-0.05, 0) is 44.2 Å². The van der Waals surface area contributed by atoms with Crippen LogP contribution in [0.5, 0.6) is 0 Å². The number of nitrogens with zero attached hydrogens (tertiary/aromatic N) is 1. The number of hydrogen-bond donors (Lipinski definition) is 2. The summed E-state index contributed by atoms with van der Waals surface area (Å²) in [5.74, 6) is 0.860. The Morgan fingerprint density at radius 1 is 1.42 bits per heavy atom. The Morgan fingerprint density at radius 2 is 2.05 bits per heavy atom. The third kappa shape index (κ3) is 4.46. The fraction of sp³-hybridized carbons (Fsp3) is 0.933. The summed E-state index contributed by atoms with van der Waals surface area (Å²) >= 11 is 0. The Kier molecular flexibility index (Phi) is 6.27. The van der Waals surface area contributed by atoms with E-state index in [1.165, 1.54) is 0 Å². The van der Waals surface area contributed by atoms with Gasteiger partial charge in [-0.2, -0.15) is 0 Å². The average Bonchev–Trinajstić information content (AvgIpc) is 3.16. The molecule has 0 aromatic heterocycles. The van der Waals surface area contributed by atoms with Crippen LogP contribution in [0.4, 0.5) is 0 Å². The molecule has 0 saturated heterocycles. The van der Waals surface area contributed by atoms with E-state index >= 15 is 0 Å². The number of nitrogens with two attached hydrogens (primary N) is 1. The molecule has 1 saturated carbocycles. The lowest BCUT2D eigenvalue weighted by Crippen LogP contribution is -2.63. The van der Waals surface area contributed by atoms with Crippen LogP contribution in [0.15, 0.2) is 0 Å². The molecule has 19 heavy (non-hydrogen) atoms.